The second-order valence-electron chi connectivity index (χ2n) is 3.68. The highest BCUT2D eigenvalue weighted by Crippen LogP contribution is 2.28. The lowest BCUT2D eigenvalue weighted by Gasteiger charge is -2.00. The highest BCUT2D eigenvalue weighted by atomic mass is 35.5. The highest BCUT2D eigenvalue weighted by Gasteiger charge is 2.18. The van der Waals surface area contributed by atoms with Crippen molar-refractivity contribution in [2.75, 3.05) is 0 Å². The molecular weight excluding hydrogens is 256 g/mol. The number of aromatic nitrogens is 2. The van der Waals surface area contributed by atoms with Gasteiger partial charge in [-0.2, -0.15) is 0 Å². The van der Waals surface area contributed by atoms with E-state index in [0.717, 1.165) is 11.1 Å². The summed E-state index contributed by atoms with van der Waals surface area (Å²) in [5, 5.41) is 9.10. The Balaban J connectivity index is 2.35. The molecule has 6 heteroatoms. The number of aromatic carboxylic acids is 1. The van der Waals surface area contributed by atoms with Crippen LogP contribution in [0.2, 0.25) is 5.15 Å². The van der Waals surface area contributed by atoms with E-state index in [1.807, 2.05) is 6.07 Å². The molecule has 3 rings (SSSR count). The van der Waals surface area contributed by atoms with Gasteiger partial charge in [0.25, 0.3) is 0 Å². The van der Waals surface area contributed by atoms with Crippen LogP contribution in [0.1, 0.15) is 10.5 Å². The summed E-state index contributed by atoms with van der Waals surface area (Å²) in [7, 11) is 0. The molecule has 3 aromatic heterocycles. The zero-order valence-electron chi connectivity index (χ0n) is 9.00. The quantitative estimate of drug-likeness (QED) is 0.771. The highest BCUT2D eigenvalue weighted by molar-refractivity contribution is 6.32. The lowest BCUT2D eigenvalue weighted by molar-refractivity contribution is 0.0691. The third kappa shape index (κ3) is 1.48. The summed E-state index contributed by atoms with van der Waals surface area (Å²) in [6.07, 6.45) is 4.78. The average Bonchev–Trinajstić information content (AvgIpc) is 2.97. The van der Waals surface area contributed by atoms with E-state index < -0.39 is 5.97 Å². The van der Waals surface area contributed by atoms with Crippen molar-refractivity contribution in [3.05, 3.63) is 47.8 Å². The maximum Gasteiger partial charge on any atom is 0.357 e. The minimum atomic E-state index is -1.15. The number of carbonyl (C=O) groups is 1. The first-order chi connectivity index (χ1) is 8.68. The molecule has 0 bridgehead atoms. The Bertz CT molecular complexity index is 731. The number of rotatable bonds is 2. The molecule has 0 aliphatic rings. The maximum atomic E-state index is 11.0. The zero-order valence-corrected chi connectivity index (χ0v) is 9.76. The number of nitrogens with zero attached hydrogens (tertiary/aromatic N) is 2. The van der Waals surface area contributed by atoms with Crippen LogP contribution in [0, 0.1) is 0 Å². The summed E-state index contributed by atoms with van der Waals surface area (Å²) in [4.78, 5) is 15.1. The Morgan fingerprint density at radius 1 is 1.44 bits per heavy atom. The number of hydrogen-bond donors (Lipinski definition) is 1. The molecule has 18 heavy (non-hydrogen) atoms. The van der Waals surface area contributed by atoms with Crippen molar-refractivity contribution in [3.8, 4) is 11.1 Å². The molecule has 5 nitrogen and oxygen atoms in total. The van der Waals surface area contributed by atoms with E-state index in [1.165, 1.54) is 4.40 Å². The smallest absolute Gasteiger partial charge is 0.357 e. The standard InChI is InChI=1S/C12H7ClN2O3/c13-10-9(12(16)17)14-11-8(2-1-4-15(10)11)7-3-5-18-6-7/h1-6H,(H,16,17). The summed E-state index contributed by atoms with van der Waals surface area (Å²) in [6, 6.07) is 5.38. The van der Waals surface area contributed by atoms with Gasteiger partial charge in [0.1, 0.15) is 10.8 Å². The van der Waals surface area contributed by atoms with Gasteiger partial charge in [-0.3, -0.25) is 4.40 Å². The largest absolute Gasteiger partial charge is 0.476 e. The Hall–Kier alpha value is -2.27. The van der Waals surface area contributed by atoms with Crippen LogP contribution in [-0.2, 0) is 0 Å². The summed E-state index contributed by atoms with van der Waals surface area (Å²) in [6.45, 7) is 0. The van der Waals surface area contributed by atoms with E-state index in [0.29, 0.717) is 5.65 Å². The number of imidazole rings is 1. The lowest BCUT2D eigenvalue weighted by atomic mass is 10.1. The molecule has 90 valence electrons. The van der Waals surface area contributed by atoms with Gasteiger partial charge in [0.05, 0.1) is 12.5 Å². The Kier molecular flexibility index (Phi) is 2.34. The van der Waals surface area contributed by atoms with Gasteiger partial charge in [0.2, 0.25) is 0 Å². The number of carboxylic acid groups (broad SMARTS) is 1. The van der Waals surface area contributed by atoms with Crippen molar-refractivity contribution in [1.82, 2.24) is 9.38 Å². The van der Waals surface area contributed by atoms with Crippen LogP contribution in [0.3, 0.4) is 0 Å². The summed E-state index contributed by atoms with van der Waals surface area (Å²) in [5.74, 6) is -1.15. The van der Waals surface area contributed by atoms with Crippen LogP contribution in [-0.4, -0.2) is 20.5 Å². The Morgan fingerprint density at radius 2 is 2.28 bits per heavy atom. The molecule has 0 fully saturated rings. The molecule has 0 spiro atoms. The van der Waals surface area contributed by atoms with Crippen LogP contribution < -0.4 is 0 Å². The fourth-order valence-corrected chi connectivity index (χ4v) is 2.08. The Labute approximate surface area is 106 Å². The monoisotopic (exact) mass is 262 g/mol. The zero-order chi connectivity index (χ0) is 12.7. The first-order valence-corrected chi connectivity index (χ1v) is 5.48. The number of furan rings is 1. The summed E-state index contributed by atoms with van der Waals surface area (Å²) < 4.78 is 6.55. The first-order valence-electron chi connectivity index (χ1n) is 5.11. The van der Waals surface area contributed by atoms with Crippen molar-refractivity contribution in [3.63, 3.8) is 0 Å². The van der Waals surface area contributed by atoms with E-state index in [1.54, 1.807) is 30.9 Å². The number of fused-ring (bicyclic) bond motifs is 1. The molecule has 0 amide bonds. The normalized spacial score (nSPS) is 10.9. The molecule has 0 aliphatic heterocycles. The van der Waals surface area contributed by atoms with Gasteiger partial charge in [-0.05, 0) is 18.2 Å². The first kappa shape index (κ1) is 10.9. The molecule has 0 aromatic carbocycles. The number of carboxylic acids is 1. The van der Waals surface area contributed by atoms with Crippen molar-refractivity contribution in [2.45, 2.75) is 0 Å². The Morgan fingerprint density at radius 3 is 2.94 bits per heavy atom. The van der Waals surface area contributed by atoms with Crippen molar-refractivity contribution in [1.29, 1.82) is 0 Å². The van der Waals surface area contributed by atoms with Crippen molar-refractivity contribution in [2.24, 2.45) is 0 Å². The predicted molar refractivity (Wildman–Crippen MR) is 64.9 cm³/mol. The number of hydrogen-bond acceptors (Lipinski definition) is 3. The molecule has 1 N–H and O–H groups in total. The van der Waals surface area contributed by atoms with Gasteiger partial charge in [0.15, 0.2) is 5.69 Å². The minimum absolute atomic E-state index is 0.0860. The van der Waals surface area contributed by atoms with Gasteiger partial charge in [-0.25, -0.2) is 9.78 Å². The van der Waals surface area contributed by atoms with E-state index in [9.17, 15) is 4.79 Å². The molecule has 0 unspecified atom stereocenters. The van der Waals surface area contributed by atoms with Crippen LogP contribution >= 0.6 is 11.6 Å². The average molecular weight is 263 g/mol. The van der Waals surface area contributed by atoms with Crippen LogP contribution in [0.5, 0.6) is 0 Å². The van der Waals surface area contributed by atoms with E-state index in [-0.39, 0.29) is 10.8 Å². The number of pyridine rings is 1. The van der Waals surface area contributed by atoms with E-state index >= 15 is 0 Å². The molecule has 0 aliphatic carbocycles. The molecule has 0 saturated carbocycles. The SMILES string of the molecule is O=C(O)c1nc2c(-c3ccoc3)cccn2c1Cl. The molecule has 3 heterocycles. The third-order valence-electron chi connectivity index (χ3n) is 2.63. The fourth-order valence-electron chi connectivity index (χ4n) is 1.82. The fraction of sp³-hybridized carbons (Fsp3) is 0. The third-order valence-corrected chi connectivity index (χ3v) is 2.99. The number of halogens is 1. The molecular formula is C12H7ClN2O3. The molecule has 0 radical (unpaired) electrons. The van der Waals surface area contributed by atoms with Crippen LogP contribution in [0.4, 0.5) is 0 Å². The second-order valence-corrected chi connectivity index (χ2v) is 4.04. The van der Waals surface area contributed by atoms with E-state index in [2.05, 4.69) is 4.98 Å². The van der Waals surface area contributed by atoms with Crippen molar-refractivity contribution >= 4 is 23.2 Å². The van der Waals surface area contributed by atoms with E-state index in [4.69, 9.17) is 21.1 Å². The summed E-state index contributed by atoms with van der Waals surface area (Å²) >= 11 is 5.98. The van der Waals surface area contributed by atoms with Gasteiger partial charge in [-0.1, -0.05) is 11.6 Å². The van der Waals surface area contributed by atoms with Gasteiger partial charge < -0.3 is 9.52 Å². The lowest BCUT2D eigenvalue weighted by Crippen LogP contribution is -1.96. The molecule has 0 saturated heterocycles. The molecule has 0 atom stereocenters. The van der Waals surface area contributed by atoms with Gasteiger partial charge >= 0.3 is 5.97 Å². The van der Waals surface area contributed by atoms with Crippen molar-refractivity contribution < 1.29 is 14.3 Å². The predicted octanol–water partition coefficient (Wildman–Crippen LogP) is 2.95. The minimum Gasteiger partial charge on any atom is -0.476 e. The summed E-state index contributed by atoms with van der Waals surface area (Å²) in [5.41, 5.74) is 1.91. The van der Waals surface area contributed by atoms with Gasteiger partial charge in [-0.15, -0.1) is 0 Å². The molecule has 3 aromatic rings. The maximum absolute atomic E-state index is 11.0. The van der Waals surface area contributed by atoms with Gasteiger partial charge in [0, 0.05) is 17.3 Å². The second kappa shape index (κ2) is 3.89. The van der Waals surface area contributed by atoms with Crippen LogP contribution in [0.15, 0.2) is 41.3 Å². The topological polar surface area (TPSA) is 67.7 Å². The van der Waals surface area contributed by atoms with Crippen LogP contribution in [0.25, 0.3) is 16.8 Å².